The van der Waals surface area contributed by atoms with Crippen LogP contribution in [0.2, 0.25) is 0 Å². The third-order valence-corrected chi connectivity index (χ3v) is 6.19. The number of rotatable bonds is 4. The highest BCUT2D eigenvalue weighted by Gasteiger charge is 2.36. The standard InChI is InChI=1S/C14H17N3O4S/c1-8(9-3-4-9)17(2)22(20,21)10-5-6-11-12(7-10)16-14(19)13(18)15-11/h5-9H,3-4H2,1-2H3,(H,15,18)(H,16,19). The molecule has 3 rings (SSSR count). The van der Waals surface area contributed by atoms with Crippen LogP contribution < -0.4 is 11.1 Å². The van der Waals surface area contributed by atoms with Crippen molar-refractivity contribution >= 4 is 21.1 Å². The molecule has 0 spiro atoms. The molecule has 7 nitrogen and oxygen atoms in total. The lowest BCUT2D eigenvalue weighted by atomic mass is 10.2. The van der Waals surface area contributed by atoms with Gasteiger partial charge in [-0.2, -0.15) is 4.31 Å². The summed E-state index contributed by atoms with van der Waals surface area (Å²) in [4.78, 5) is 27.5. The minimum Gasteiger partial charge on any atom is -0.316 e. The lowest BCUT2D eigenvalue weighted by molar-refractivity contribution is 0.357. The van der Waals surface area contributed by atoms with Crippen molar-refractivity contribution in [2.45, 2.75) is 30.7 Å². The molecule has 1 aliphatic rings. The van der Waals surface area contributed by atoms with Crippen LogP contribution >= 0.6 is 0 Å². The van der Waals surface area contributed by atoms with E-state index in [-0.39, 0.29) is 16.5 Å². The Bertz CT molecular complexity index is 940. The van der Waals surface area contributed by atoms with Gasteiger partial charge in [0.1, 0.15) is 0 Å². The molecule has 1 saturated carbocycles. The summed E-state index contributed by atoms with van der Waals surface area (Å²) in [5.41, 5.74) is -0.885. The predicted molar refractivity (Wildman–Crippen MR) is 82.3 cm³/mol. The molecule has 8 heteroatoms. The number of hydrogen-bond acceptors (Lipinski definition) is 4. The van der Waals surface area contributed by atoms with Gasteiger partial charge in [-0.25, -0.2) is 8.42 Å². The number of nitrogens with zero attached hydrogens (tertiary/aromatic N) is 1. The molecule has 1 fully saturated rings. The molecular formula is C14H17N3O4S. The van der Waals surface area contributed by atoms with Gasteiger partial charge in [0.05, 0.1) is 15.9 Å². The maximum atomic E-state index is 12.7. The molecule has 1 unspecified atom stereocenters. The number of benzene rings is 1. The number of hydrogen-bond donors (Lipinski definition) is 2. The summed E-state index contributed by atoms with van der Waals surface area (Å²) in [6, 6.07) is 4.23. The highest BCUT2D eigenvalue weighted by molar-refractivity contribution is 7.89. The second-order valence-electron chi connectivity index (χ2n) is 5.71. The Hall–Kier alpha value is -1.93. The van der Waals surface area contributed by atoms with Crippen LogP contribution in [0.15, 0.2) is 32.7 Å². The maximum Gasteiger partial charge on any atom is 0.314 e. The summed E-state index contributed by atoms with van der Waals surface area (Å²) >= 11 is 0. The number of H-pyrrole nitrogens is 2. The normalized spacial score (nSPS) is 17.0. The van der Waals surface area contributed by atoms with Crippen LogP contribution in [0.4, 0.5) is 0 Å². The van der Waals surface area contributed by atoms with Crippen LogP contribution in [0.1, 0.15) is 19.8 Å². The van der Waals surface area contributed by atoms with E-state index >= 15 is 0 Å². The third-order valence-electron chi connectivity index (χ3n) is 4.25. The molecular weight excluding hydrogens is 306 g/mol. The first-order valence-electron chi connectivity index (χ1n) is 7.05. The SMILES string of the molecule is CC(C1CC1)N(C)S(=O)(=O)c1ccc2[nH]c(=O)c(=O)[nH]c2c1. The van der Waals surface area contributed by atoms with Gasteiger partial charge in [-0.05, 0) is 43.9 Å². The fraction of sp³-hybridized carbons (Fsp3) is 0.429. The lowest BCUT2D eigenvalue weighted by Crippen LogP contribution is -2.36. The zero-order chi connectivity index (χ0) is 16.1. The first kappa shape index (κ1) is 15.0. The molecule has 2 aromatic rings. The molecule has 1 heterocycles. The van der Waals surface area contributed by atoms with E-state index in [0.717, 1.165) is 12.8 Å². The smallest absolute Gasteiger partial charge is 0.314 e. The van der Waals surface area contributed by atoms with Crippen molar-refractivity contribution in [3.8, 4) is 0 Å². The average molecular weight is 323 g/mol. The van der Waals surface area contributed by atoms with E-state index in [4.69, 9.17) is 0 Å². The number of fused-ring (bicyclic) bond motifs is 1. The van der Waals surface area contributed by atoms with Crippen LogP contribution in [0.3, 0.4) is 0 Å². The lowest BCUT2D eigenvalue weighted by Gasteiger charge is -2.24. The zero-order valence-electron chi connectivity index (χ0n) is 12.3. The highest BCUT2D eigenvalue weighted by Crippen LogP contribution is 2.36. The van der Waals surface area contributed by atoms with E-state index in [1.807, 2.05) is 6.92 Å². The van der Waals surface area contributed by atoms with Crippen LogP contribution in [-0.4, -0.2) is 35.8 Å². The molecule has 0 aliphatic heterocycles. The van der Waals surface area contributed by atoms with Crippen molar-refractivity contribution in [2.75, 3.05) is 7.05 Å². The molecule has 1 atom stereocenters. The molecule has 2 N–H and O–H groups in total. The van der Waals surface area contributed by atoms with Crippen molar-refractivity contribution in [3.63, 3.8) is 0 Å². The Labute approximate surface area is 127 Å². The van der Waals surface area contributed by atoms with Gasteiger partial charge in [0.25, 0.3) is 0 Å². The van der Waals surface area contributed by atoms with E-state index in [2.05, 4.69) is 9.97 Å². The van der Waals surface area contributed by atoms with Gasteiger partial charge in [0.15, 0.2) is 0 Å². The quantitative estimate of drug-likeness (QED) is 0.806. The van der Waals surface area contributed by atoms with E-state index in [9.17, 15) is 18.0 Å². The topological polar surface area (TPSA) is 103 Å². The second-order valence-corrected chi connectivity index (χ2v) is 7.71. The summed E-state index contributed by atoms with van der Waals surface area (Å²) in [5, 5.41) is 0. The molecule has 1 aromatic heterocycles. The largest absolute Gasteiger partial charge is 0.316 e. The Morgan fingerprint density at radius 2 is 1.73 bits per heavy atom. The van der Waals surface area contributed by atoms with E-state index in [1.165, 1.54) is 22.5 Å². The fourth-order valence-electron chi connectivity index (χ4n) is 2.52. The fourth-order valence-corrected chi connectivity index (χ4v) is 3.96. The minimum atomic E-state index is -3.64. The highest BCUT2D eigenvalue weighted by atomic mass is 32.2. The van der Waals surface area contributed by atoms with Crippen LogP contribution in [0, 0.1) is 5.92 Å². The average Bonchev–Trinajstić information content (AvgIpc) is 3.31. The molecule has 118 valence electrons. The molecule has 0 radical (unpaired) electrons. The van der Waals surface area contributed by atoms with E-state index in [1.54, 1.807) is 7.05 Å². The Morgan fingerprint density at radius 3 is 2.32 bits per heavy atom. The van der Waals surface area contributed by atoms with E-state index < -0.39 is 21.1 Å². The van der Waals surface area contributed by atoms with Crippen LogP contribution in [0.5, 0.6) is 0 Å². The van der Waals surface area contributed by atoms with Crippen molar-refractivity contribution in [2.24, 2.45) is 5.92 Å². The Morgan fingerprint density at radius 1 is 1.14 bits per heavy atom. The summed E-state index contributed by atoms with van der Waals surface area (Å²) in [6.07, 6.45) is 2.10. The molecule has 1 aromatic carbocycles. The summed E-state index contributed by atoms with van der Waals surface area (Å²) in [7, 11) is -2.07. The summed E-state index contributed by atoms with van der Waals surface area (Å²) in [6.45, 7) is 1.90. The Kier molecular flexibility index (Phi) is 3.45. The number of sulfonamides is 1. The maximum absolute atomic E-state index is 12.7. The molecule has 22 heavy (non-hydrogen) atoms. The van der Waals surface area contributed by atoms with E-state index in [0.29, 0.717) is 11.4 Å². The number of aromatic amines is 2. The molecule has 1 aliphatic carbocycles. The van der Waals surface area contributed by atoms with Gasteiger partial charge in [-0.3, -0.25) is 9.59 Å². The van der Waals surface area contributed by atoms with Gasteiger partial charge in [0, 0.05) is 13.1 Å². The third kappa shape index (κ3) is 2.48. The van der Waals surface area contributed by atoms with Crippen molar-refractivity contribution in [1.82, 2.24) is 14.3 Å². The van der Waals surface area contributed by atoms with Crippen molar-refractivity contribution in [3.05, 3.63) is 38.9 Å². The first-order chi connectivity index (χ1) is 10.3. The second kappa shape index (κ2) is 5.06. The van der Waals surface area contributed by atoms with Crippen LogP contribution in [-0.2, 0) is 10.0 Å². The number of aromatic nitrogens is 2. The van der Waals surface area contributed by atoms with Gasteiger partial charge in [0.2, 0.25) is 10.0 Å². The van der Waals surface area contributed by atoms with Gasteiger partial charge < -0.3 is 9.97 Å². The Balaban J connectivity index is 2.06. The van der Waals surface area contributed by atoms with Gasteiger partial charge in [-0.1, -0.05) is 0 Å². The monoisotopic (exact) mass is 323 g/mol. The predicted octanol–water partition coefficient (Wildman–Crippen LogP) is 0.635. The van der Waals surface area contributed by atoms with Crippen molar-refractivity contribution < 1.29 is 8.42 Å². The van der Waals surface area contributed by atoms with Crippen LogP contribution in [0.25, 0.3) is 11.0 Å². The molecule has 0 bridgehead atoms. The summed E-state index contributed by atoms with van der Waals surface area (Å²) < 4.78 is 26.7. The zero-order valence-corrected chi connectivity index (χ0v) is 13.1. The minimum absolute atomic E-state index is 0.0599. The first-order valence-corrected chi connectivity index (χ1v) is 8.49. The van der Waals surface area contributed by atoms with Crippen molar-refractivity contribution in [1.29, 1.82) is 0 Å². The van der Waals surface area contributed by atoms with Gasteiger partial charge in [-0.15, -0.1) is 0 Å². The summed E-state index contributed by atoms with van der Waals surface area (Å²) in [5.74, 6) is 0.413. The number of nitrogens with one attached hydrogen (secondary N) is 2. The molecule has 0 amide bonds. The molecule has 0 saturated heterocycles. The van der Waals surface area contributed by atoms with Gasteiger partial charge >= 0.3 is 11.1 Å².